The van der Waals surface area contributed by atoms with Crippen molar-refractivity contribution >= 4 is 23.0 Å². The van der Waals surface area contributed by atoms with Gasteiger partial charge in [0.1, 0.15) is 5.69 Å². The standard InChI is InChI=1S/C14H14FN5O3/c1-17-8-10(7-16-17)19-6-5-18(9-13(19)21)12-4-2-3-11(15)14(12)20(22)23/h2-4,7-8H,5-6,9H2,1H3. The molecule has 2 aromatic rings. The van der Waals surface area contributed by atoms with E-state index in [1.54, 1.807) is 29.0 Å². The number of rotatable bonds is 3. The van der Waals surface area contributed by atoms with Crippen LogP contribution in [0.25, 0.3) is 0 Å². The van der Waals surface area contributed by atoms with Crippen LogP contribution in [0.1, 0.15) is 0 Å². The molecular formula is C14H14FN5O3. The van der Waals surface area contributed by atoms with E-state index in [2.05, 4.69) is 5.10 Å². The average molecular weight is 319 g/mol. The Bertz CT molecular complexity index is 776. The Hall–Kier alpha value is -2.97. The van der Waals surface area contributed by atoms with Gasteiger partial charge in [0, 0.05) is 26.3 Å². The Morgan fingerprint density at radius 3 is 2.74 bits per heavy atom. The summed E-state index contributed by atoms with van der Waals surface area (Å²) >= 11 is 0. The third kappa shape index (κ3) is 2.72. The van der Waals surface area contributed by atoms with Crippen molar-refractivity contribution in [2.75, 3.05) is 29.4 Å². The van der Waals surface area contributed by atoms with Crippen LogP contribution in [0.3, 0.4) is 0 Å². The molecule has 0 unspecified atom stereocenters. The molecular weight excluding hydrogens is 305 g/mol. The van der Waals surface area contributed by atoms with Crippen LogP contribution in [-0.4, -0.2) is 40.2 Å². The average Bonchev–Trinajstić information content (AvgIpc) is 2.92. The number of aromatic nitrogens is 2. The first-order chi connectivity index (χ1) is 11.0. The van der Waals surface area contributed by atoms with Crippen molar-refractivity contribution in [2.24, 2.45) is 7.05 Å². The lowest BCUT2D eigenvalue weighted by molar-refractivity contribution is -0.386. The predicted molar refractivity (Wildman–Crippen MR) is 80.8 cm³/mol. The van der Waals surface area contributed by atoms with Gasteiger partial charge in [-0.1, -0.05) is 6.07 Å². The van der Waals surface area contributed by atoms with E-state index >= 15 is 0 Å². The minimum atomic E-state index is -0.908. The molecule has 0 spiro atoms. The highest BCUT2D eigenvalue weighted by molar-refractivity contribution is 5.97. The zero-order chi connectivity index (χ0) is 16.6. The summed E-state index contributed by atoms with van der Waals surface area (Å²) < 4.78 is 15.3. The van der Waals surface area contributed by atoms with Gasteiger partial charge in [-0.25, -0.2) is 0 Å². The molecule has 1 amide bonds. The molecule has 1 fully saturated rings. The lowest BCUT2D eigenvalue weighted by Gasteiger charge is -2.34. The maximum Gasteiger partial charge on any atom is 0.327 e. The van der Waals surface area contributed by atoms with Gasteiger partial charge in [0.15, 0.2) is 0 Å². The SMILES string of the molecule is Cn1cc(N2CCN(c3cccc(F)c3[N+](=O)[O-])CC2=O)cn1. The van der Waals surface area contributed by atoms with Crippen LogP contribution in [0.4, 0.5) is 21.5 Å². The number of nitro groups is 1. The number of hydrogen-bond donors (Lipinski definition) is 0. The summed E-state index contributed by atoms with van der Waals surface area (Å²) in [6.07, 6.45) is 3.30. The monoisotopic (exact) mass is 319 g/mol. The summed E-state index contributed by atoms with van der Waals surface area (Å²) in [6.45, 7) is 0.655. The lowest BCUT2D eigenvalue weighted by atomic mass is 10.2. The maximum atomic E-state index is 13.7. The fraction of sp³-hybridized carbons (Fsp3) is 0.286. The molecule has 120 valence electrons. The van der Waals surface area contributed by atoms with E-state index in [-0.39, 0.29) is 18.1 Å². The van der Waals surface area contributed by atoms with Crippen molar-refractivity contribution < 1.29 is 14.1 Å². The zero-order valence-corrected chi connectivity index (χ0v) is 12.3. The second-order valence-electron chi connectivity index (χ2n) is 5.20. The second kappa shape index (κ2) is 5.67. The Morgan fingerprint density at radius 2 is 2.13 bits per heavy atom. The molecule has 9 heteroatoms. The first-order valence-corrected chi connectivity index (χ1v) is 6.94. The highest BCUT2D eigenvalue weighted by Gasteiger charge is 2.31. The first-order valence-electron chi connectivity index (χ1n) is 6.94. The van der Waals surface area contributed by atoms with Gasteiger partial charge in [-0.3, -0.25) is 19.6 Å². The normalized spacial score (nSPS) is 15.1. The van der Waals surface area contributed by atoms with Crippen LogP contribution >= 0.6 is 0 Å². The van der Waals surface area contributed by atoms with Gasteiger partial charge in [-0.05, 0) is 12.1 Å². The number of carbonyl (C=O) groups is 1. The van der Waals surface area contributed by atoms with Crippen LogP contribution in [0.2, 0.25) is 0 Å². The van der Waals surface area contributed by atoms with Gasteiger partial charge >= 0.3 is 5.69 Å². The van der Waals surface area contributed by atoms with E-state index in [1.807, 2.05) is 0 Å². The quantitative estimate of drug-likeness (QED) is 0.629. The summed E-state index contributed by atoms with van der Waals surface area (Å²) in [5, 5.41) is 15.1. The third-order valence-corrected chi connectivity index (χ3v) is 3.71. The van der Waals surface area contributed by atoms with E-state index < -0.39 is 16.4 Å². The molecule has 0 bridgehead atoms. The number of para-hydroxylation sites is 1. The topological polar surface area (TPSA) is 84.5 Å². The summed E-state index contributed by atoms with van der Waals surface area (Å²) in [5.41, 5.74) is 0.190. The third-order valence-electron chi connectivity index (χ3n) is 3.71. The number of anilines is 2. The van der Waals surface area contributed by atoms with Crippen LogP contribution in [0, 0.1) is 15.9 Å². The smallest absolute Gasteiger partial charge is 0.327 e. The Balaban J connectivity index is 1.85. The molecule has 1 aromatic heterocycles. The number of amides is 1. The van der Waals surface area contributed by atoms with E-state index in [1.165, 1.54) is 17.0 Å². The van der Waals surface area contributed by atoms with Crippen molar-refractivity contribution in [1.29, 1.82) is 0 Å². The van der Waals surface area contributed by atoms with Gasteiger partial charge in [-0.15, -0.1) is 0 Å². The van der Waals surface area contributed by atoms with Crippen LogP contribution in [0.5, 0.6) is 0 Å². The number of halogens is 1. The van der Waals surface area contributed by atoms with Gasteiger partial charge < -0.3 is 9.80 Å². The largest absolute Gasteiger partial charge is 0.355 e. The predicted octanol–water partition coefficient (Wildman–Crippen LogP) is 1.32. The molecule has 1 saturated heterocycles. The van der Waals surface area contributed by atoms with Gasteiger partial charge in [-0.2, -0.15) is 9.49 Å². The van der Waals surface area contributed by atoms with Crippen molar-refractivity contribution in [3.05, 3.63) is 46.5 Å². The minimum Gasteiger partial charge on any atom is -0.355 e. The summed E-state index contributed by atoms with van der Waals surface area (Å²) in [7, 11) is 1.75. The highest BCUT2D eigenvalue weighted by atomic mass is 19.1. The highest BCUT2D eigenvalue weighted by Crippen LogP contribution is 2.32. The number of aryl methyl sites for hydroxylation is 1. The van der Waals surface area contributed by atoms with Crippen molar-refractivity contribution in [3.8, 4) is 0 Å². The second-order valence-corrected chi connectivity index (χ2v) is 5.20. The van der Waals surface area contributed by atoms with E-state index in [0.29, 0.717) is 18.8 Å². The van der Waals surface area contributed by atoms with Crippen molar-refractivity contribution in [2.45, 2.75) is 0 Å². The summed E-state index contributed by atoms with van der Waals surface area (Å²) in [6, 6.07) is 3.89. The van der Waals surface area contributed by atoms with Crippen molar-refractivity contribution in [1.82, 2.24) is 9.78 Å². The van der Waals surface area contributed by atoms with E-state index in [4.69, 9.17) is 0 Å². The van der Waals surface area contributed by atoms with E-state index in [9.17, 15) is 19.3 Å². The fourth-order valence-corrected chi connectivity index (χ4v) is 2.64. The molecule has 0 radical (unpaired) electrons. The zero-order valence-electron chi connectivity index (χ0n) is 12.3. The molecule has 2 heterocycles. The molecule has 1 aliphatic heterocycles. The molecule has 0 atom stereocenters. The fourth-order valence-electron chi connectivity index (χ4n) is 2.64. The molecule has 0 aliphatic carbocycles. The maximum absolute atomic E-state index is 13.7. The Labute approximate surface area is 130 Å². The number of carbonyl (C=O) groups excluding carboxylic acids is 1. The molecule has 23 heavy (non-hydrogen) atoms. The first kappa shape index (κ1) is 14.9. The van der Waals surface area contributed by atoms with Crippen LogP contribution < -0.4 is 9.80 Å². The number of nitrogens with zero attached hydrogens (tertiary/aromatic N) is 5. The van der Waals surface area contributed by atoms with Gasteiger partial charge in [0.2, 0.25) is 11.7 Å². The molecule has 8 nitrogen and oxygen atoms in total. The van der Waals surface area contributed by atoms with Gasteiger partial charge in [0.05, 0.1) is 23.4 Å². The van der Waals surface area contributed by atoms with E-state index in [0.717, 1.165) is 6.07 Å². The van der Waals surface area contributed by atoms with Crippen LogP contribution in [0.15, 0.2) is 30.6 Å². The van der Waals surface area contributed by atoms with Crippen molar-refractivity contribution in [3.63, 3.8) is 0 Å². The Kier molecular flexibility index (Phi) is 3.68. The molecule has 1 aromatic carbocycles. The number of piperazine rings is 1. The van der Waals surface area contributed by atoms with Gasteiger partial charge in [0.25, 0.3) is 0 Å². The number of benzene rings is 1. The lowest BCUT2D eigenvalue weighted by Crippen LogP contribution is -2.50. The number of nitro benzene ring substituents is 1. The van der Waals surface area contributed by atoms with Crippen LogP contribution in [-0.2, 0) is 11.8 Å². The summed E-state index contributed by atoms with van der Waals surface area (Å²) in [5.74, 6) is -1.13. The summed E-state index contributed by atoms with van der Waals surface area (Å²) in [4.78, 5) is 25.8. The molecule has 3 rings (SSSR count). The number of hydrogen-bond acceptors (Lipinski definition) is 5. The Morgan fingerprint density at radius 1 is 1.35 bits per heavy atom. The molecule has 0 saturated carbocycles. The molecule has 0 N–H and O–H groups in total. The molecule has 1 aliphatic rings. The minimum absolute atomic E-state index is 0.0564.